The number of likely N-dealkylation sites (tertiary alicyclic amines) is 1. The number of nitrogens with zero attached hydrogens (tertiary/aromatic N) is 4. The number of aromatic nitrogens is 2. The van der Waals surface area contributed by atoms with Crippen LogP contribution in [0.4, 0.5) is 9.18 Å². The monoisotopic (exact) mass is 467 g/mol. The zero-order chi connectivity index (χ0) is 23.9. The maximum Gasteiger partial charge on any atom is 0.407 e. The van der Waals surface area contributed by atoms with Gasteiger partial charge in [0.25, 0.3) is 0 Å². The Bertz CT molecular complexity index is 1150. The fourth-order valence-corrected chi connectivity index (χ4v) is 4.13. The SMILES string of the molecule is COc1ccc2ncc(F)c(CCN3CC(N=O)[C@@H](CNC(=O)OCc4ccccc4)C3)c2n1. The number of carbonyl (C=O) groups excluding carboxylic acids is 1. The molecular formula is C24H26FN5O4. The second-order valence-electron chi connectivity index (χ2n) is 8.19. The van der Waals surface area contributed by atoms with E-state index in [9.17, 15) is 14.1 Å². The van der Waals surface area contributed by atoms with Crippen LogP contribution >= 0.6 is 0 Å². The number of benzene rings is 1. The van der Waals surface area contributed by atoms with Gasteiger partial charge in [-0.05, 0) is 18.1 Å². The molecule has 1 aliphatic rings. The summed E-state index contributed by atoms with van der Waals surface area (Å²) < 4.78 is 24.9. The number of rotatable bonds is 9. The molecule has 0 radical (unpaired) electrons. The number of amides is 1. The standard InChI is InChI=1S/C24H26FN5O4/c1-33-22-8-7-20-23(28-22)18(19(25)12-26-20)9-10-30-13-17(21(14-30)29-32)11-27-24(31)34-15-16-5-3-2-4-6-16/h2-8,12,17,21H,9-11,13-15H2,1H3,(H,27,31)/t17-,21?/m0/s1. The normalized spacial score (nSPS) is 18.1. The van der Waals surface area contributed by atoms with Crippen molar-refractivity contribution in [1.82, 2.24) is 20.2 Å². The highest BCUT2D eigenvalue weighted by Crippen LogP contribution is 2.24. The molecular weight excluding hydrogens is 441 g/mol. The van der Waals surface area contributed by atoms with Gasteiger partial charge in [-0.3, -0.25) is 4.98 Å². The highest BCUT2D eigenvalue weighted by molar-refractivity contribution is 5.78. The lowest BCUT2D eigenvalue weighted by Gasteiger charge is -2.17. The summed E-state index contributed by atoms with van der Waals surface area (Å²) in [5.41, 5.74) is 2.39. The van der Waals surface area contributed by atoms with E-state index in [0.717, 1.165) is 5.56 Å². The van der Waals surface area contributed by atoms with Crippen LogP contribution in [-0.4, -0.2) is 60.3 Å². The van der Waals surface area contributed by atoms with Crippen molar-refractivity contribution in [2.24, 2.45) is 11.1 Å². The van der Waals surface area contributed by atoms with Gasteiger partial charge in [0.15, 0.2) is 0 Å². The summed E-state index contributed by atoms with van der Waals surface area (Å²) >= 11 is 0. The minimum atomic E-state index is -0.544. The van der Waals surface area contributed by atoms with Crippen molar-refractivity contribution in [3.63, 3.8) is 0 Å². The molecule has 1 unspecified atom stereocenters. The van der Waals surface area contributed by atoms with Crippen LogP contribution in [0.1, 0.15) is 11.1 Å². The lowest BCUT2D eigenvalue weighted by Crippen LogP contribution is -2.34. The minimum absolute atomic E-state index is 0.154. The molecule has 3 aromatic rings. The first-order valence-corrected chi connectivity index (χ1v) is 11.0. The Morgan fingerprint density at radius 2 is 2.06 bits per heavy atom. The third-order valence-corrected chi connectivity index (χ3v) is 5.97. The van der Waals surface area contributed by atoms with Gasteiger partial charge in [-0.2, -0.15) is 4.91 Å². The molecule has 0 spiro atoms. The van der Waals surface area contributed by atoms with E-state index in [1.807, 2.05) is 35.2 Å². The Kier molecular flexibility index (Phi) is 7.58. The molecule has 10 heteroatoms. The number of fused-ring (bicyclic) bond motifs is 1. The third-order valence-electron chi connectivity index (χ3n) is 5.97. The number of methoxy groups -OCH3 is 1. The van der Waals surface area contributed by atoms with Crippen LogP contribution in [-0.2, 0) is 17.8 Å². The van der Waals surface area contributed by atoms with Gasteiger partial charge < -0.3 is 19.7 Å². The van der Waals surface area contributed by atoms with Crippen LogP contribution in [0.2, 0.25) is 0 Å². The lowest BCUT2D eigenvalue weighted by atomic mass is 10.1. The van der Waals surface area contributed by atoms with Gasteiger partial charge in [0, 0.05) is 43.7 Å². The first kappa shape index (κ1) is 23.5. The largest absolute Gasteiger partial charge is 0.481 e. The third kappa shape index (κ3) is 5.63. The number of pyridine rings is 2. The minimum Gasteiger partial charge on any atom is -0.481 e. The highest BCUT2D eigenvalue weighted by atomic mass is 19.1. The van der Waals surface area contributed by atoms with Crippen molar-refractivity contribution in [2.75, 3.05) is 33.3 Å². The van der Waals surface area contributed by atoms with Gasteiger partial charge >= 0.3 is 6.09 Å². The molecule has 1 aromatic carbocycles. The summed E-state index contributed by atoms with van der Waals surface area (Å²) in [6, 6.07) is 12.3. The van der Waals surface area contributed by atoms with Crippen molar-refractivity contribution < 1.29 is 18.7 Å². The molecule has 4 rings (SSSR count). The molecule has 0 aliphatic carbocycles. The second kappa shape index (κ2) is 11.0. The van der Waals surface area contributed by atoms with Gasteiger partial charge in [0.1, 0.15) is 18.5 Å². The van der Waals surface area contributed by atoms with Crippen molar-refractivity contribution in [3.05, 3.63) is 70.5 Å². The number of hydrogen-bond donors (Lipinski definition) is 1. The van der Waals surface area contributed by atoms with Crippen LogP contribution in [0.25, 0.3) is 11.0 Å². The van der Waals surface area contributed by atoms with E-state index in [1.165, 1.54) is 13.3 Å². The zero-order valence-corrected chi connectivity index (χ0v) is 18.8. The number of ether oxygens (including phenoxy) is 2. The number of carbonyl (C=O) groups is 1. The molecule has 34 heavy (non-hydrogen) atoms. The molecule has 2 atom stereocenters. The van der Waals surface area contributed by atoms with Crippen LogP contribution in [0.15, 0.2) is 53.8 Å². The Morgan fingerprint density at radius 3 is 2.82 bits per heavy atom. The molecule has 3 heterocycles. The maximum absolute atomic E-state index is 14.6. The number of nitrogens with one attached hydrogen (secondary N) is 1. The van der Waals surface area contributed by atoms with E-state index in [4.69, 9.17) is 9.47 Å². The number of halogens is 1. The van der Waals surface area contributed by atoms with E-state index in [1.54, 1.807) is 12.1 Å². The lowest BCUT2D eigenvalue weighted by molar-refractivity contribution is 0.138. The molecule has 0 saturated carbocycles. The van der Waals surface area contributed by atoms with Gasteiger partial charge in [-0.1, -0.05) is 35.5 Å². The summed E-state index contributed by atoms with van der Waals surface area (Å²) in [4.78, 5) is 33.9. The maximum atomic E-state index is 14.6. The predicted octanol–water partition coefficient (Wildman–Crippen LogP) is 3.31. The quantitative estimate of drug-likeness (QED) is 0.481. The smallest absolute Gasteiger partial charge is 0.407 e. The topological polar surface area (TPSA) is 106 Å². The van der Waals surface area contributed by atoms with E-state index in [0.29, 0.717) is 48.5 Å². The Morgan fingerprint density at radius 1 is 1.24 bits per heavy atom. The van der Waals surface area contributed by atoms with Crippen molar-refractivity contribution in [1.29, 1.82) is 0 Å². The van der Waals surface area contributed by atoms with Gasteiger partial charge in [-0.25, -0.2) is 14.2 Å². The fraction of sp³-hybridized carbons (Fsp3) is 0.375. The molecule has 1 N–H and O–H groups in total. The molecule has 9 nitrogen and oxygen atoms in total. The predicted molar refractivity (Wildman–Crippen MR) is 124 cm³/mol. The number of alkyl carbamates (subject to hydrolysis) is 1. The summed E-state index contributed by atoms with van der Waals surface area (Å²) in [6.07, 6.45) is 1.03. The van der Waals surface area contributed by atoms with Crippen molar-refractivity contribution in [3.8, 4) is 5.88 Å². The molecule has 1 saturated heterocycles. The Hall–Kier alpha value is -3.66. The van der Waals surface area contributed by atoms with E-state index < -0.39 is 18.0 Å². The van der Waals surface area contributed by atoms with Crippen molar-refractivity contribution in [2.45, 2.75) is 19.1 Å². The Balaban J connectivity index is 1.32. The zero-order valence-electron chi connectivity index (χ0n) is 18.8. The Labute approximate surface area is 196 Å². The molecule has 1 amide bonds. The second-order valence-corrected chi connectivity index (χ2v) is 8.19. The molecule has 0 bridgehead atoms. The number of nitroso groups, excluding NO2 is 1. The first-order chi connectivity index (χ1) is 16.6. The summed E-state index contributed by atoms with van der Waals surface area (Å²) in [7, 11) is 1.50. The molecule has 1 aliphatic heterocycles. The average Bonchev–Trinajstić information content (AvgIpc) is 3.28. The van der Waals surface area contributed by atoms with Gasteiger partial charge in [0.2, 0.25) is 5.88 Å². The van der Waals surface area contributed by atoms with Crippen LogP contribution in [0.5, 0.6) is 5.88 Å². The van der Waals surface area contributed by atoms with Crippen LogP contribution < -0.4 is 10.1 Å². The summed E-state index contributed by atoms with van der Waals surface area (Å²) in [5, 5.41) is 5.96. The van der Waals surface area contributed by atoms with Crippen molar-refractivity contribution >= 4 is 17.1 Å². The van der Waals surface area contributed by atoms with Crippen LogP contribution in [0.3, 0.4) is 0 Å². The molecule has 2 aromatic heterocycles. The first-order valence-electron chi connectivity index (χ1n) is 11.0. The molecule has 1 fully saturated rings. The molecule has 178 valence electrons. The van der Waals surface area contributed by atoms with Gasteiger partial charge in [0.05, 0.1) is 24.3 Å². The highest BCUT2D eigenvalue weighted by Gasteiger charge is 2.34. The fourth-order valence-electron chi connectivity index (χ4n) is 4.13. The van der Waals surface area contributed by atoms with E-state index in [2.05, 4.69) is 20.5 Å². The average molecular weight is 468 g/mol. The van der Waals surface area contributed by atoms with Crippen LogP contribution in [0, 0.1) is 16.6 Å². The van der Waals surface area contributed by atoms with E-state index in [-0.39, 0.29) is 19.1 Å². The van der Waals surface area contributed by atoms with E-state index >= 15 is 0 Å². The summed E-state index contributed by atoms with van der Waals surface area (Å²) in [6.45, 7) is 1.94. The summed E-state index contributed by atoms with van der Waals surface area (Å²) in [5.74, 6) is -0.200. The van der Waals surface area contributed by atoms with Gasteiger partial charge in [-0.15, -0.1) is 0 Å². The number of hydrogen-bond acceptors (Lipinski definition) is 8.